The fourth-order valence-corrected chi connectivity index (χ4v) is 4.34. The van der Waals surface area contributed by atoms with Crippen LogP contribution in [-0.2, 0) is 6.54 Å². The number of thiophene rings is 1. The zero-order chi connectivity index (χ0) is 20.1. The molecule has 1 aliphatic rings. The second kappa shape index (κ2) is 9.09. The molecule has 1 saturated heterocycles. The number of aromatic nitrogens is 3. The molecule has 4 rings (SSSR count). The first-order valence-electron chi connectivity index (χ1n) is 9.94. The van der Waals surface area contributed by atoms with Gasteiger partial charge in [-0.2, -0.15) is 0 Å². The molecule has 2 N–H and O–H groups in total. The number of nitrogens with zero attached hydrogens (tertiary/aromatic N) is 5. The highest BCUT2D eigenvalue weighted by atomic mass is 32.1. The fourth-order valence-electron chi connectivity index (χ4n) is 3.55. The molecule has 0 spiro atoms. The van der Waals surface area contributed by atoms with E-state index >= 15 is 0 Å². The van der Waals surface area contributed by atoms with E-state index in [1.54, 1.807) is 6.20 Å². The third kappa shape index (κ3) is 4.76. The smallest absolute Gasteiger partial charge is 0.191 e. The van der Waals surface area contributed by atoms with Crippen molar-refractivity contribution in [2.24, 2.45) is 4.99 Å². The van der Waals surface area contributed by atoms with E-state index in [0.29, 0.717) is 12.6 Å². The molecule has 8 heteroatoms. The summed E-state index contributed by atoms with van der Waals surface area (Å²) < 4.78 is 1.97. The van der Waals surface area contributed by atoms with Crippen LogP contribution < -0.4 is 15.5 Å². The summed E-state index contributed by atoms with van der Waals surface area (Å²) in [4.78, 5) is 15.6. The largest absolute Gasteiger partial charge is 0.363 e. The Bertz CT molecular complexity index is 922. The van der Waals surface area contributed by atoms with Crippen LogP contribution in [0.5, 0.6) is 0 Å². The van der Waals surface area contributed by atoms with E-state index in [-0.39, 0.29) is 0 Å². The second-order valence-corrected chi connectivity index (χ2v) is 8.08. The van der Waals surface area contributed by atoms with E-state index in [9.17, 15) is 0 Å². The molecule has 4 heterocycles. The van der Waals surface area contributed by atoms with E-state index in [1.165, 1.54) is 5.00 Å². The lowest BCUT2D eigenvalue weighted by atomic mass is 10.1. The molecular formula is C21H27N7S. The molecule has 29 heavy (non-hydrogen) atoms. The van der Waals surface area contributed by atoms with Crippen LogP contribution in [0.25, 0.3) is 5.82 Å². The van der Waals surface area contributed by atoms with E-state index < -0.39 is 0 Å². The molecule has 1 fully saturated rings. The summed E-state index contributed by atoms with van der Waals surface area (Å²) in [5.41, 5.74) is 1.11. The van der Waals surface area contributed by atoms with Gasteiger partial charge in [0.1, 0.15) is 11.6 Å². The Balaban J connectivity index is 1.26. The van der Waals surface area contributed by atoms with Gasteiger partial charge in [0.25, 0.3) is 0 Å². The van der Waals surface area contributed by atoms with Crippen LogP contribution in [0.3, 0.4) is 0 Å². The van der Waals surface area contributed by atoms with Gasteiger partial charge >= 0.3 is 0 Å². The van der Waals surface area contributed by atoms with Crippen molar-refractivity contribution >= 4 is 22.3 Å². The fraction of sp³-hybridized carbons (Fsp3) is 0.381. The summed E-state index contributed by atoms with van der Waals surface area (Å²) in [5, 5.41) is 10.5. The highest BCUT2D eigenvalue weighted by molar-refractivity contribution is 7.14. The van der Waals surface area contributed by atoms with Gasteiger partial charge in [0.05, 0.1) is 5.00 Å². The Morgan fingerprint density at radius 3 is 2.72 bits per heavy atom. The number of guanidine groups is 1. The zero-order valence-electron chi connectivity index (χ0n) is 16.9. The van der Waals surface area contributed by atoms with Crippen molar-refractivity contribution < 1.29 is 0 Å². The minimum absolute atomic E-state index is 0.446. The van der Waals surface area contributed by atoms with E-state index in [2.05, 4.69) is 54.1 Å². The number of aryl methyl sites for hydroxylation is 1. The van der Waals surface area contributed by atoms with Gasteiger partial charge in [-0.3, -0.25) is 9.56 Å². The van der Waals surface area contributed by atoms with Gasteiger partial charge in [0.2, 0.25) is 0 Å². The van der Waals surface area contributed by atoms with Crippen molar-refractivity contribution in [3.63, 3.8) is 0 Å². The Kier molecular flexibility index (Phi) is 6.09. The van der Waals surface area contributed by atoms with E-state index in [1.807, 2.05) is 48.3 Å². The summed E-state index contributed by atoms with van der Waals surface area (Å²) in [6, 6.07) is 8.87. The molecule has 0 aliphatic carbocycles. The number of pyridine rings is 1. The molecule has 0 atom stereocenters. The molecule has 1 aliphatic heterocycles. The minimum Gasteiger partial charge on any atom is -0.363 e. The van der Waals surface area contributed by atoms with Crippen molar-refractivity contribution in [2.75, 3.05) is 25.0 Å². The Hall–Kier alpha value is -2.87. The first kappa shape index (κ1) is 19.4. The van der Waals surface area contributed by atoms with Crippen LogP contribution in [0, 0.1) is 6.92 Å². The van der Waals surface area contributed by atoms with Gasteiger partial charge < -0.3 is 15.5 Å². The highest BCUT2D eigenvalue weighted by Crippen LogP contribution is 2.24. The van der Waals surface area contributed by atoms with Crippen LogP contribution in [-0.4, -0.2) is 46.7 Å². The van der Waals surface area contributed by atoms with E-state index in [0.717, 1.165) is 49.1 Å². The van der Waals surface area contributed by atoms with Crippen LogP contribution in [0.15, 0.2) is 53.2 Å². The number of hydrogen-bond donors (Lipinski definition) is 2. The molecule has 0 amide bonds. The average Bonchev–Trinajstić information content (AvgIpc) is 3.44. The van der Waals surface area contributed by atoms with Crippen LogP contribution >= 0.6 is 11.3 Å². The number of rotatable bonds is 5. The normalized spacial score (nSPS) is 15.5. The number of anilines is 1. The maximum Gasteiger partial charge on any atom is 0.191 e. The predicted molar refractivity (Wildman–Crippen MR) is 119 cm³/mol. The average molecular weight is 410 g/mol. The maximum atomic E-state index is 4.55. The predicted octanol–water partition coefficient (Wildman–Crippen LogP) is 2.97. The summed E-state index contributed by atoms with van der Waals surface area (Å²) >= 11 is 1.81. The van der Waals surface area contributed by atoms with Crippen LogP contribution in [0.4, 0.5) is 5.00 Å². The molecule has 0 aromatic carbocycles. The van der Waals surface area contributed by atoms with Crippen molar-refractivity contribution in [3.05, 3.63) is 59.6 Å². The molecule has 0 saturated carbocycles. The zero-order valence-corrected chi connectivity index (χ0v) is 17.7. The minimum atomic E-state index is 0.446. The van der Waals surface area contributed by atoms with Gasteiger partial charge in [-0.05, 0) is 48.9 Å². The van der Waals surface area contributed by atoms with Crippen molar-refractivity contribution in [1.29, 1.82) is 0 Å². The van der Waals surface area contributed by atoms with Crippen LogP contribution in [0.1, 0.15) is 24.2 Å². The third-order valence-corrected chi connectivity index (χ3v) is 6.15. The number of imidazole rings is 1. The molecule has 3 aromatic rings. The molecule has 0 bridgehead atoms. The first-order valence-corrected chi connectivity index (χ1v) is 10.8. The topological polar surface area (TPSA) is 70.4 Å². The quantitative estimate of drug-likeness (QED) is 0.501. The van der Waals surface area contributed by atoms with Gasteiger partial charge in [0, 0.05) is 51.3 Å². The third-order valence-electron chi connectivity index (χ3n) is 5.22. The number of nitrogens with one attached hydrogen (secondary N) is 2. The lowest BCUT2D eigenvalue weighted by Gasteiger charge is -2.33. The standard InChI is InChI=1S/C21H27N7S/c1-16-23-9-12-28(16)19-6-5-17(14-24-19)15-25-21(22-2)26-18-7-10-27(11-8-18)20-4-3-13-29-20/h3-6,9,12-14,18H,7-8,10-11,15H2,1-2H3,(H2,22,25,26). The van der Waals surface area contributed by atoms with Gasteiger partial charge in [-0.25, -0.2) is 9.97 Å². The molecule has 3 aromatic heterocycles. The second-order valence-electron chi connectivity index (χ2n) is 7.15. The molecular weight excluding hydrogens is 382 g/mol. The van der Waals surface area contributed by atoms with E-state index in [4.69, 9.17) is 0 Å². The summed E-state index contributed by atoms with van der Waals surface area (Å²) in [7, 11) is 1.82. The van der Waals surface area contributed by atoms with Crippen LogP contribution in [0.2, 0.25) is 0 Å². The maximum absolute atomic E-state index is 4.55. The number of piperidine rings is 1. The van der Waals surface area contributed by atoms with Crippen molar-refractivity contribution in [3.8, 4) is 5.82 Å². The number of hydrogen-bond acceptors (Lipinski definition) is 5. The van der Waals surface area contributed by atoms with Crippen molar-refractivity contribution in [2.45, 2.75) is 32.4 Å². The Morgan fingerprint density at radius 2 is 2.10 bits per heavy atom. The summed E-state index contributed by atoms with van der Waals surface area (Å²) in [6.45, 7) is 4.81. The van der Waals surface area contributed by atoms with Crippen molar-refractivity contribution in [1.82, 2.24) is 25.2 Å². The summed E-state index contributed by atoms with van der Waals surface area (Å²) in [5.74, 6) is 2.65. The van der Waals surface area contributed by atoms with Gasteiger partial charge in [-0.15, -0.1) is 11.3 Å². The first-order chi connectivity index (χ1) is 14.2. The Morgan fingerprint density at radius 1 is 1.24 bits per heavy atom. The summed E-state index contributed by atoms with van der Waals surface area (Å²) in [6.07, 6.45) is 7.82. The Labute approximate surface area is 175 Å². The highest BCUT2D eigenvalue weighted by Gasteiger charge is 2.20. The lowest BCUT2D eigenvalue weighted by molar-refractivity contribution is 0.463. The molecule has 152 valence electrons. The molecule has 0 unspecified atom stereocenters. The SMILES string of the molecule is CN=C(NCc1ccc(-n2ccnc2C)nc1)NC1CCN(c2cccs2)CC1. The lowest BCUT2D eigenvalue weighted by Crippen LogP contribution is -2.48. The van der Waals surface area contributed by atoms with Gasteiger partial charge in [-0.1, -0.05) is 6.07 Å². The monoisotopic (exact) mass is 409 g/mol. The number of aliphatic imine (C=N–C) groups is 1. The van der Waals surface area contributed by atoms with Gasteiger partial charge in [0.15, 0.2) is 5.96 Å². The molecule has 7 nitrogen and oxygen atoms in total. The molecule has 0 radical (unpaired) electrons.